The van der Waals surface area contributed by atoms with Crippen LogP contribution in [0.2, 0.25) is 0 Å². The lowest BCUT2D eigenvalue weighted by atomic mass is 10.0. The van der Waals surface area contributed by atoms with Crippen molar-refractivity contribution in [3.05, 3.63) is 0 Å². The molecule has 1 aliphatic heterocycles. The fourth-order valence-electron chi connectivity index (χ4n) is 1.80. The van der Waals surface area contributed by atoms with Gasteiger partial charge in [0.15, 0.2) is 0 Å². The minimum atomic E-state index is -4.11. The zero-order chi connectivity index (χ0) is 11.0. The molecule has 1 aliphatic rings. The van der Waals surface area contributed by atoms with Crippen molar-refractivity contribution in [1.82, 2.24) is 10.2 Å². The van der Waals surface area contributed by atoms with E-state index in [1.807, 2.05) is 20.9 Å². The van der Waals surface area contributed by atoms with E-state index in [0.717, 1.165) is 6.42 Å². The fraction of sp³-hybridized carbons (Fsp3) is 1.00. The van der Waals surface area contributed by atoms with Crippen LogP contribution in [0.5, 0.6) is 0 Å². The van der Waals surface area contributed by atoms with Gasteiger partial charge in [0.05, 0.1) is 6.54 Å². The van der Waals surface area contributed by atoms with E-state index in [4.69, 9.17) is 0 Å². The average Bonchev–Trinajstić information content (AvgIpc) is 2.21. The predicted molar refractivity (Wildman–Crippen MR) is 49.2 cm³/mol. The Morgan fingerprint density at radius 3 is 2.36 bits per heavy atom. The van der Waals surface area contributed by atoms with Crippen molar-refractivity contribution in [2.24, 2.45) is 0 Å². The maximum Gasteiger partial charge on any atom is 0.401 e. The molecule has 0 bridgehead atoms. The zero-order valence-corrected chi connectivity index (χ0v) is 8.78. The van der Waals surface area contributed by atoms with Gasteiger partial charge in [-0.25, -0.2) is 0 Å². The molecule has 0 saturated carbocycles. The summed E-state index contributed by atoms with van der Waals surface area (Å²) in [5.74, 6) is 0. The van der Waals surface area contributed by atoms with Crippen molar-refractivity contribution in [1.29, 1.82) is 0 Å². The number of hydrogen-bond donors (Lipinski definition) is 1. The van der Waals surface area contributed by atoms with E-state index in [0.29, 0.717) is 6.54 Å². The topological polar surface area (TPSA) is 15.3 Å². The summed E-state index contributed by atoms with van der Waals surface area (Å²) in [6.07, 6.45) is -3.34. The Morgan fingerprint density at radius 1 is 1.43 bits per heavy atom. The van der Waals surface area contributed by atoms with Crippen molar-refractivity contribution in [3.8, 4) is 0 Å². The third-order valence-electron chi connectivity index (χ3n) is 2.86. The number of nitrogens with zero attached hydrogens (tertiary/aromatic N) is 1. The van der Waals surface area contributed by atoms with E-state index in [-0.39, 0.29) is 11.6 Å². The molecule has 84 valence electrons. The lowest BCUT2D eigenvalue weighted by Crippen LogP contribution is -2.38. The Kier molecular flexibility index (Phi) is 3.11. The third-order valence-corrected chi connectivity index (χ3v) is 2.86. The quantitative estimate of drug-likeness (QED) is 0.745. The minimum absolute atomic E-state index is 0.00324. The fourth-order valence-corrected chi connectivity index (χ4v) is 1.80. The molecule has 0 amide bonds. The molecule has 0 aromatic carbocycles. The van der Waals surface area contributed by atoms with Crippen LogP contribution in [0, 0.1) is 0 Å². The van der Waals surface area contributed by atoms with E-state index in [1.165, 1.54) is 0 Å². The summed E-state index contributed by atoms with van der Waals surface area (Å²) in [7, 11) is 1.94. The molecule has 1 heterocycles. The van der Waals surface area contributed by atoms with Crippen molar-refractivity contribution in [2.75, 3.05) is 20.1 Å². The standard InChI is InChI=1S/C9H17F3N2/c1-8(2)4-7(5-14(8)3)13-6-9(10,11)12/h7,13H,4-6H2,1-3H3. The number of likely N-dealkylation sites (tertiary alicyclic amines) is 1. The molecule has 14 heavy (non-hydrogen) atoms. The van der Waals surface area contributed by atoms with Gasteiger partial charge in [-0.3, -0.25) is 4.90 Å². The summed E-state index contributed by atoms with van der Waals surface area (Å²) >= 11 is 0. The number of hydrogen-bond acceptors (Lipinski definition) is 2. The van der Waals surface area contributed by atoms with Crippen LogP contribution in [0.25, 0.3) is 0 Å². The van der Waals surface area contributed by atoms with Gasteiger partial charge in [-0.05, 0) is 27.3 Å². The first kappa shape index (κ1) is 11.8. The molecule has 0 aromatic rings. The van der Waals surface area contributed by atoms with E-state index >= 15 is 0 Å². The number of halogens is 3. The van der Waals surface area contributed by atoms with Gasteiger partial charge in [-0.1, -0.05) is 0 Å². The minimum Gasteiger partial charge on any atom is -0.305 e. The van der Waals surface area contributed by atoms with Crippen LogP contribution in [0.4, 0.5) is 13.2 Å². The van der Waals surface area contributed by atoms with Gasteiger partial charge in [0.1, 0.15) is 0 Å². The van der Waals surface area contributed by atoms with Crippen molar-refractivity contribution in [2.45, 2.75) is 38.0 Å². The molecular weight excluding hydrogens is 193 g/mol. The summed E-state index contributed by atoms with van der Waals surface area (Å²) < 4.78 is 35.8. The summed E-state index contributed by atoms with van der Waals surface area (Å²) in [5, 5.41) is 2.54. The smallest absolute Gasteiger partial charge is 0.305 e. The molecule has 1 unspecified atom stereocenters. The maximum absolute atomic E-state index is 11.9. The van der Waals surface area contributed by atoms with Gasteiger partial charge < -0.3 is 5.32 Å². The van der Waals surface area contributed by atoms with Crippen LogP contribution in [-0.4, -0.2) is 42.8 Å². The third kappa shape index (κ3) is 3.13. The molecule has 1 fully saturated rings. The Hall–Kier alpha value is -0.290. The van der Waals surface area contributed by atoms with Gasteiger partial charge in [0, 0.05) is 18.1 Å². The summed E-state index contributed by atoms with van der Waals surface area (Å²) in [6.45, 7) is 3.88. The predicted octanol–water partition coefficient (Wildman–Crippen LogP) is 1.62. The van der Waals surface area contributed by atoms with Gasteiger partial charge in [0.25, 0.3) is 0 Å². The molecule has 1 N–H and O–H groups in total. The number of rotatable bonds is 2. The van der Waals surface area contributed by atoms with Crippen LogP contribution in [0.3, 0.4) is 0 Å². The Morgan fingerprint density at radius 2 is 2.00 bits per heavy atom. The molecule has 2 nitrogen and oxygen atoms in total. The van der Waals surface area contributed by atoms with Gasteiger partial charge in [0.2, 0.25) is 0 Å². The zero-order valence-electron chi connectivity index (χ0n) is 8.78. The largest absolute Gasteiger partial charge is 0.401 e. The molecule has 0 radical (unpaired) electrons. The second kappa shape index (κ2) is 3.70. The Labute approximate surface area is 82.5 Å². The van der Waals surface area contributed by atoms with Gasteiger partial charge in [-0.2, -0.15) is 13.2 Å². The molecule has 1 rings (SSSR count). The summed E-state index contributed by atoms with van der Waals surface area (Å²) in [5.41, 5.74) is 0.00324. The van der Waals surface area contributed by atoms with E-state index in [1.54, 1.807) is 0 Å². The number of likely N-dealkylation sites (N-methyl/N-ethyl adjacent to an activating group) is 1. The van der Waals surface area contributed by atoms with Crippen LogP contribution >= 0.6 is 0 Å². The van der Waals surface area contributed by atoms with E-state index in [9.17, 15) is 13.2 Å². The Bertz CT molecular complexity index is 201. The van der Waals surface area contributed by atoms with Gasteiger partial charge in [-0.15, -0.1) is 0 Å². The molecule has 5 heteroatoms. The highest BCUT2D eigenvalue weighted by Gasteiger charge is 2.37. The first-order chi connectivity index (χ1) is 6.21. The summed E-state index contributed by atoms with van der Waals surface area (Å²) in [4.78, 5) is 2.08. The lowest BCUT2D eigenvalue weighted by Gasteiger charge is -2.26. The van der Waals surface area contributed by atoms with Crippen molar-refractivity contribution in [3.63, 3.8) is 0 Å². The van der Waals surface area contributed by atoms with E-state index < -0.39 is 12.7 Å². The monoisotopic (exact) mass is 210 g/mol. The second-order valence-corrected chi connectivity index (χ2v) is 4.59. The normalized spacial score (nSPS) is 28.3. The first-order valence-corrected chi connectivity index (χ1v) is 4.72. The van der Waals surface area contributed by atoms with Crippen molar-refractivity contribution >= 4 is 0 Å². The first-order valence-electron chi connectivity index (χ1n) is 4.72. The number of alkyl halides is 3. The molecule has 1 saturated heterocycles. The van der Waals surface area contributed by atoms with Gasteiger partial charge >= 0.3 is 6.18 Å². The molecule has 0 aliphatic carbocycles. The lowest BCUT2D eigenvalue weighted by molar-refractivity contribution is -0.126. The Balaban J connectivity index is 2.36. The van der Waals surface area contributed by atoms with Crippen LogP contribution in [0.1, 0.15) is 20.3 Å². The second-order valence-electron chi connectivity index (χ2n) is 4.59. The maximum atomic E-state index is 11.9. The molecule has 1 atom stereocenters. The number of nitrogens with one attached hydrogen (secondary N) is 1. The van der Waals surface area contributed by atoms with E-state index in [2.05, 4.69) is 10.2 Å². The van der Waals surface area contributed by atoms with Crippen molar-refractivity contribution < 1.29 is 13.2 Å². The highest BCUT2D eigenvalue weighted by Crippen LogP contribution is 2.27. The van der Waals surface area contributed by atoms with Crippen LogP contribution < -0.4 is 5.32 Å². The average molecular weight is 210 g/mol. The molecule has 0 aromatic heterocycles. The highest BCUT2D eigenvalue weighted by molar-refractivity contribution is 4.94. The van der Waals surface area contributed by atoms with Crippen LogP contribution in [-0.2, 0) is 0 Å². The molecule has 0 spiro atoms. The summed E-state index contributed by atoms with van der Waals surface area (Å²) in [6, 6.07) is -0.0448. The van der Waals surface area contributed by atoms with Crippen LogP contribution in [0.15, 0.2) is 0 Å². The molecular formula is C9H17F3N2. The highest BCUT2D eigenvalue weighted by atomic mass is 19.4. The SMILES string of the molecule is CN1CC(NCC(F)(F)F)CC1(C)C.